The van der Waals surface area contributed by atoms with Crippen molar-refractivity contribution in [3.63, 3.8) is 0 Å². The standard InChI is InChI=1S/C61H42N2O/c1-61(2)53-25-10-5-19-45(53)46-37-35-42(38-54(46)61)62(56-27-12-9-22-49(56)50-23-15-24-51-52-36-32-39-16-3-4-18-44(39)59(52)64-60(50)51)41-33-30-40(31-34-41)43-17-6-11-26-55(43)63-57-28-13-7-20-47(57)48-21-8-14-29-58(48)63/h3-38H,1-2H3. The van der Waals surface area contributed by atoms with Crippen molar-refractivity contribution in [2.75, 3.05) is 4.90 Å². The molecular weight excluding hydrogens is 777 g/mol. The number of benzene rings is 10. The number of furan rings is 1. The highest BCUT2D eigenvalue weighted by atomic mass is 16.3. The van der Waals surface area contributed by atoms with E-state index in [1.807, 2.05) is 0 Å². The summed E-state index contributed by atoms with van der Waals surface area (Å²) < 4.78 is 9.38. The predicted octanol–water partition coefficient (Wildman–Crippen LogP) is 16.9. The van der Waals surface area contributed by atoms with Gasteiger partial charge in [-0.25, -0.2) is 0 Å². The molecule has 0 unspecified atom stereocenters. The SMILES string of the molecule is CC1(C)c2ccccc2-c2ccc(N(c3ccc(-c4ccccc4-n4c5ccccc5c5ccccc54)cc3)c3ccccc3-c3cccc4c3oc3c5ccccc5ccc43)cc21. The van der Waals surface area contributed by atoms with E-state index in [2.05, 4.69) is 242 Å². The number of rotatable bonds is 6. The Morgan fingerprint density at radius 2 is 0.969 bits per heavy atom. The second-order valence-corrected chi connectivity index (χ2v) is 17.6. The molecule has 0 atom stereocenters. The molecule has 302 valence electrons. The molecule has 0 saturated heterocycles. The van der Waals surface area contributed by atoms with E-state index in [1.54, 1.807) is 0 Å². The molecule has 2 aromatic heterocycles. The number of nitrogens with zero attached hydrogens (tertiary/aromatic N) is 2. The highest BCUT2D eigenvalue weighted by molar-refractivity contribution is 6.18. The van der Waals surface area contributed by atoms with Crippen LogP contribution in [-0.4, -0.2) is 4.57 Å². The van der Waals surface area contributed by atoms with Gasteiger partial charge in [0.1, 0.15) is 11.2 Å². The van der Waals surface area contributed by atoms with E-state index in [4.69, 9.17) is 4.42 Å². The van der Waals surface area contributed by atoms with Crippen LogP contribution in [0.2, 0.25) is 0 Å². The summed E-state index contributed by atoms with van der Waals surface area (Å²) in [5.41, 5.74) is 18.3. The Morgan fingerprint density at radius 1 is 0.391 bits per heavy atom. The Hall–Kier alpha value is -8.14. The van der Waals surface area contributed by atoms with Gasteiger partial charge < -0.3 is 13.9 Å². The zero-order valence-electron chi connectivity index (χ0n) is 35.6. The normalized spacial score (nSPS) is 13.0. The van der Waals surface area contributed by atoms with Crippen LogP contribution in [0.5, 0.6) is 0 Å². The van der Waals surface area contributed by atoms with Gasteiger partial charge in [0, 0.05) is 60.4 Å². The van der Waals surface area contributed by atoms with E-state index in [9.17, 15) is 0 Å². The lowest BCUT2D eigenvalue weighted by Crippen LogP contribution is -2.16. The van der Waals surface area contributed by atoms with Crippen LogP contribution in [0.15, 0.2) is 223 Å². The van der Waals surface area contributed by atoms with E-state index >= 15 is 0 Å². The number of fused-ring (bicyclic) bond motifs is 11. The fraction of sp³-hybridized carbons (Fsp3) is 0.0492. The average Bonchev–Trinajstić information content (AvgIpc) is 3.98. The van der Waals surface area contributed by atoms with E-state index < -0.39 is 0 Å². The highest BCUT2D eigenvalue weighted by Gasteiger charge is 2.36. The van der Waals surface area contributed by atoms with Crippen molar-refractivity contribution in [1.82, 2.24) is 4.57 Å². The van der Waals surface area contributed by atoms with Gasteiger partial charge in [0.2, 0.25) is 0 Å². The first-order valence-electron chi connectivity index (χ1n) is 22.2. The zero-order valence-corrected chi connectivity index (χ0v) is 35.6. The monoisotopic (exact) mass is 818 g/mol. The maximum absolute atomic E-state index is 6.96. The Bertz CT molecular complexity index is 3770. The van der Waals surface area contributed by atoms with Crippen molar-refractivity contribution >= 4 is 71.6 Å². The lowest BCUT2D eigenvalue weighted by molar-refractivity contribution is 0.660. The van der Waals surface area contributed by atoms with Gasteiger partial charge in [-0.1, -0.05) is 178 Å². The van der Waals surface area contributed by atoms with E-state index in [-0.39, 0.29) is 5.41 Å². The lowest BCUT2D eigenvalue weighted by atomic mass is 9.82. The molecule has 3 nitrogen and oxygen atoms in total. The molecule has 0 bridgehead atoms. The quantitative estimate of drug-likeness (QED) is 0.167. The summed E-state index contributed by atoms with van der Waals surface area (Å²) >= 11 is 0. The predicted molar refractivity (Wildman–Crippen MR) is 269 cm³/mol. The van der Waals surface area contributed by atoms with Crippen molar-refractivity contribution in [2.45, 2.75) is 19.3 Å². The average molecular weight is 819 g/mol. The van der Waals surface area contributed by atoms with Crippen LogP contribution >= 0.6 is 0 Å². The maximum Gasteiger partial charge on any atom is 0.143 e. The van der Waals surface area contributed by atoms with Gasteiger partial charge in [-0.3, -0.25) is 0 Å². The Morgan fingerprint density at radius 3 is 1.77 bits per heavy atom. The van der Waals surface area contributed by atoms with Crippen LogP contribution in [0.1, 0.15) is 25.0 Å². The molecular formula is C61H42N2O. The summed E-state index contributed by atoms with van der Waals surface area (Å²) in [5, 5.41) is 7.04. The molecule has 3 heteroatoms. The number of aromatic nitrogens is 1. The van der Waals surface area contributed by atoms with Crippen molar-refractivity contribution < 1.29 is 4.42 Å². The molecule has 12 aromatic rings. The summed E-state index contributed by atoms with van der Waals surface area (Å²) in [6.45, 7) is 4.71. The molecule has 13 rings (SSSR count). The minimum Gasteiger partial charge on any atom is -0.455 e. The number of hydrogen-bond acceptors (Lipinski definition) is 2. The summed E-state index contributed by atoms with van der Waals surface area (Å²) in [7, 11) is 0. The van der Waals surface area contributed by atoms with Crippen LogP contribution in [-0.2, 0) is 5.41 Å². The van der Waals surface area contributed by atoms with Crippen molar-refractivity contribution in [3.8, 4) is 39.1 Å². The first-order chi connectivity index (χ1) is 31.5. The first-order valence-corrected chi connectivity index (χ1v) is 22.2. The number of para-hydroxylation sites is 5. The van der Waals surface area contributed by atoms with Crippen LogP contribution in [0.25, 0.3) is 93.6 Å². The molecule has 0 fully saturated rings. The van der Waals surface area contributed by atoms with Gasteiger partial charge in [-0.2, -0.15) is 0 Å². The van der Waals surface area contributed by atoms with Gasteiger partial charge in [0.05, 0.1) is 22.4 Å². The molecule has 1 aliphatic carbocycles. The minimum atomic E-state index is -0.157. The summed E-state index contributed by atoms with van der Waals surface area (Å²) in [5.74, 6) is 0. The third-order valence-electron chi connectivity index (χ3n) is 13.8. The number of hydrogen-bond donors (Lipinski definition) is 0. The van der Waals surface area contributed by atoms with Gasteiger partial charge in [-0.05, 0) is 87.8 Å². The van der Waals surface area contributed by atoms with Crippen molar-refractivity contribution in [1.29, 1.82) is 0 Å². The topological polar surface area (TPSA) is 21.3 Å². The molecule has 10 aromatic carbocycles. The molecule has 2 heterocycles. The number of anilines is 3. The molecule has 0 radical (unpaired) electrons. The molecule has 0 amide bonds. The Labute approximate surface area is 371 Å². The fourth-order valence-electron chi connectivity index (χ4n) is 10.8. The summed E-state index contributed by atoms with van der Waals surface area (Å²) in [4.78, 5) is 2.44. The zero-order chi connectivity index (χ0) is 42.5. The summed E-state index contributed by atoms with van der Waals surface area (Å²) in [6, 6.07) is 79.6. The van der Waals surface area contributed by atoms with Gasteiger partial charge >= 0.3 is 0 Å². The Balaban J connectivity index is 1.00. The highest BCUT2D eigenvalue weighted by Crippen LogP contribution is 2.52. The Kier molecular flexibility index (Phi) is 7.95. The van der Waals surface area contributed by atoms with Crippen LogP contribution in [0.3, 0.4) is 0 Å². The second-order valence-electron chi connectivity index (χ2n) is 17.6. The van der Waals surface area contributed by atoms with Gasteiger partial charge in [-0.15, -0.1) is 0 Å². The third kappa shape index (κ3) is 5.34. The molecule has 1 aliphatic rings. The molecule has 0 spiro atoms. The van der Waals surface area contributed by atoms with Gasteiger partial charge in [0.15, 0.2) is 0 Å². The molecule has 64 heavy (non-hydrogen) atoms. The van der Waals surface area contributed by atoms with E-state index in [0.29, 0.717) is 0 Å². The van der Waals surface area contributed by atoms with Crippen LogP contribution in [0.4, 0.5) is 17.1 Å². The fourth-order valence-corrected chi connectivity index (χ4v) is 10.8. The van der Waals surface area contributed by atoms with Gasteiger partial charge in [0.25, 0.3) is 0 Å². The largest absolute Gasteiger partial charge is 0.455 e. The second kappa shape index (κ2) is 13.9. The van der Waals surface area contributed by atoms with E-state index in [0.717, 1.165) is 66.8 Å². The lowest BCUT2D eigenvalue weighted by Gasteiger charge is -2.30. The summed E-state index contributed by atoms with van der Waals surface area (Å²) in [6.07, 6.45) is 0. The molecule has 0 N–H and O–H groups in total. The third-order valence-corrected chi connectivity index (χ3v) is 13.8. The van der Waals surface area contributed by atoms with Crippen molar-refractivity contribution in [3.05, 3.63) is 230 Å². The first kappa shape index (κ1) is 36.5. The van der Waals surface area contributed by atoms with E-state index in [1.165, 1.54) is 55.0 Å². The smallest absolute Gasteiger partial charge is 0.143 e. The minimum absolute atomic E-state index is 0.157. The molecule has 0 saturated carbocycles. The van der Waals surface area contributed by atoms with Crippen molar-refractivity contribution in [2.24, 2.45) is 0 Å². The van der Waals surface area contributed by atoms with Crippen LogP contribution in [0, 0.1) is 0 Å². The molecule has 0 aliphatic heterocycles. The van der Waals surface area contributed by atoms with Crippen LogP contribution < -0.4 is 4.90 Å². The maximum atomic E-state index is 6.96.